The Kier molecular flexibility index (Phi) is 3.82. The van der Waals surface area contributed by atoms with Gasteiger partial charge in [0.25, 0.3) is 0 Å². The summed E-state index contributed by atoms with van der Waals surface area (Å²) in [6.07, 6.45) is 2.51. The lowest BCUT2D eigenvalue weighted by Gasteiger charge is -2.03. The molecule has 5 N–H and O–H groups in total. The molecule has 0 saturated heterocycles. The van der Waals surface area contributed by atoms with E-state index in [0.29, 0.717) is 27.0 Å². The number of halogens is 2. The number of nitrogens with one attached hydrogen (secondary N) is 1. The number of hydrogen-bond donors (Lipinski definition) is 3. The fourth-order valence-electron chi connectivity index (χ4n) is 1.54. The predicted octanol–water partition coefficient (Wildman–Crippen LogP) is 3.13. The zero-order chi connectivity index (χ0) is 14.0. The number of aromatic nitrogens is 1. The van der Waals surface area contributed by atoms with Crippen molar-refractivity contribution in [1.29, 1.82) is 5.41 Å². The van der Waals surface area contributed by atoms with Gasteiger partial charge in [0.2, 0.25) is 0 Å². The lowest BCUT2D eigenvalue weighted by molar-refractivity contribution is 0.628. The fraction of sp³-hybridized carbons (Fsp3) is 0. The highest BCUT2D eigenvalue weighted by molar-refractivity contribution is 7.16. The molecule has 7 heteroatoms. The maximum absolute atomic E-state index is 13.2. The molecule has 19 heavy (non-hydrogen) atoms. The first kappa shape index (κ1) is 13.5. The van der Waals surface area contributed by atoms with Crippen molar-refractivity contribution in [2.24, 2.45) is 5.73 Å². The van der Waals surface area contributed by atoms with Gasteiger partial charge < -0.3 is 16.9 Å². The monoisotopic (exact) mass is 296 g/mol. The SMILES string of the molecule is N=C/C=C(\N)c1sc(N)nc1-c1ccc(F)c(Cl)c1. The maximum Gasteiger partial charge on any atom is 0.181 e. The molecule has 2 rings (SSSR count). The van der Waals surface area contributed by atoms with Crippen molar-refractivity contribution in [3.8, 4) is 11.3 Å². The second-order valence-corrected chi connectivity index (χ2v) is 5.09. The van der Waals surface area contributed by atoms with Crippen LogP contribution in [0.3, 0.4) is 0 Å². The summed E-state index contributed by atoms with van der Waals surface area (Å²) in [5.74, 6) is -0.502. The lowest BCUT2D eigenvalue weighted by atomic mass is 10.1. The molecule has 0 aliphatic rings. The van der Waals surface area contributed by atoms with E-state index in [2.05, 4.69) is 4.98 Å². The second-order valence-electron chi connectivity index (χ2n) is 3.65. The van der Waals surface area contributed by atoms with Gasteiger partial charge in [-0.3, -0.25) is 0 Å². The summed E-state index contributed by atoms with van der Waals surface area (Å²) in [6.45, 7) is 0. The number of nitrogens with zero attached hydrogens (tertiary/aromatic N) is 1. The average molecular weight is 297 g/mol. The van der Waals surface area contributed by atoms with Crippen LogP contribution in [0.15, 0.2) is 24.3 Å². The van der Waals surface area contributed by atoms with Crippen LogP contribution in [0.1, 0.15) is 4.88 Å². The molecule has 0 saturated carbocycles. The van der Waals surface area contributed by atoms with Gasteiger partial charge in [-0.2, -0.15) is 0 Å². The molecule has 1 aromatic heterocycles. The summed E-state index contributed by atoms with van der Waals surface area (Å²) in [5, 5.41) is 7.37. The molecule has 0 spiro atoms. The van der Waals surface area contributed by atoms with Gasteiger partial charge in [-0.1, -0.05) is 22.9 Å². The number of nitrogen functional groups attached to an aromatic ring is 1. The van der Waals surface area contributed by atoms with Crippen LogP contribution < -0.4 is 11.5 Å². The van der Waals surface area contributed by atoms with E-state index >= 15 is 0 Å². The zero-order valence-corrected chi connectivity index (χ0v) is 11.2. The van der Waals surface area contributed by atoms with Crippen molar-refractivity contribution >= 4 is 40.0 Å². The molecule has 0 aliphatic heterocycles. The van der Waals surface area contributed by atoms with Gasteiger partial charge in [-0.15, -0.1) is 0 Å². The highest BCUT2D eigenvalue weighted by Crippen LogP contribution is 2.34. The summed E-state index contributed by atoms with van der Waals surface area (Å²) in [7, 11) is 0. The molecule has 0 atom stereocenters. The standard InChI is InChI=1S/C12H10ClFN4S/c13-7-5-6(1-2-8(7)14)10-11(9(16)3-4-15)19-12(17)18-10/h1-5,15H,16H2,(H2,17,18)/b9-3-,15-4?. The maximum atomic E-state index is 13.2. The number of anilines is 1. The third-order valence-electron chi connectivity index (χ3n) is 2.36. The van der Waals surface area contributed by atoms with E-state index < -0.39 is 5.82 Å². The van der Waals surface area contributed by atoms with Crippen molar-refractivity contribution < 1.29 is 4.39 Å². The van der Waals surface area contributed by atoms with E-state index in [1.54, 1.807) is 6.07 Å². The van der Waals surface area contributed by atoms with Crippen molar-refractivity contribution in [1.82, 2.24) is 4.98 Å². The van der Waals surface area contributed by atoms with Gasteiger partial charge in [0.05, 0.1) is 21.3 Å². The highest BCUT2D eigenvalue weighted by atomic mass is 35.5. The van der Waals surface area contributed by atoms with E-state index in [4.69, 9.17) is 28.5 Å². The normalized spacial score (nSPS) is 11.6. The first-order chi connectivity index (χ1) is 9.02. The molecule has 1 aromatic carbocycles. The van der Waals surface area contributed by atoms with Crippen LogP contribution in [-0.4, -0.2) is 11.2 Å². The molecule has 1 heterocycles. The summed E-state index contributed by atoms with van der Waals surface area (Å²) in [5.41, 5.74) is 13.0. The third-order valence-corrected chi connectivity index (χ3v) is 3.59. The predicted molar refractivity (Wildman–Crippen MR) is 77.9 cm³/mol. The van der Waals surface area contributed by atoms with Gasteiger partial charge >= 0.3 is 0 Å². The van der Waals surface area contributed by atoms with Crippen molar-refractivity contribution in [2.75, 3.05) is 5.73 Å². The summed E-state index contributed by atoms with van der Waals surface area (Å²) in [6, 6.07) is 4.27. The van der Waals surface area contributed by atoms with E-state index in [1.807, 2.05) is 0 Å². The smallest absolute Gasteiger partial charge is 0.181 e. The Morgan fingerprint density at radius 2 is 2.21 bits per heavy atom. The van der Waals surface area contributed by atoms with Crippen LogP contribution >= 0.6 is 22.9 Å². The Bertz CT molecular complexity index is 666. The molecule has 0 aliphatic carbocycles. The Balaban J connectivity index is 2.58. The lowest BCUT2D eigenvalue weighted by Crippen LogP contribution is -1.96. The van der Waals surface area contributed by atoms with Crippen LogP contribution in [-0.2, 0) is 0 Å². The molecule has 0 amide bonds. The third kappa shape index (κ3) is 2.74. The largest absolute Gasteiger partial charge is 0.397 e. The van der Waals surface area contributed by atoms with Crippen LogP contribution in [0.2, 0.25) is 5.02 Å². The minimum absolute atomic E-state index is 0.00428. The topological polar surface area (TPSA) is 88.8 Å². The first-order valence-electron chi connectivity index (χ1n) is 5.21. The van der Waals surface area contributed by atoms with Crippen LogP contribution in [0.5, 0.6) is 0 Å². The van der Waals surface area contributed by atoms with Gasteiger partial charge in [0.15, 0.2) is 5.13 Å². The minimum Gasteiger partial charge on any atom is -0.397 e. The van der Waals surface area contributed by atoms with Crippen molar-refractivity contribution in [2.45, 2.75) is 0 Å². The number of benzene rings is 1. The Morgan fingerprint density at radius 1 is 1.47 bits per heavy atom. The van der Waals surface area contributed by atoms with Crippen molar-refractivity contribution in [3.63, 3.8) is 0 Å². The second kappa shape index (κ2) is 5.38. The van der Waals surface area contributed by atoms with Crippen molar-refractivity contribution in [3.05, 3.63) is 40.0 Å². The van der Waals surface area contributed by atoms with E-state index in [-0.39, 0.29) is 5.02 Å². The molecule has 2 aromatic rings. The molecule has 0 bridgehead atoms. The molecule has 0 fully saturated rings. The molecular weight excluding hydrogens is 287 g/mol. The van der Waals surface area contributed by atoms with Crippen LogP contribution in [0, 0.1) is 11.2 Å². The Hall–Kier alpha value is -1.92. The zero-order valence-electron chi connectivity index (χ0n) is 9.65. The Morgan fingerprint density at radius 3 is 2.84 bits per heavy atom. The molecule has 4 nitrogen and oxygen atoms in total. The summed E-state index contributed by atoms with van der Waals surface area (Å²) >= 11 is 6.95. The minimum atomic E-state index is -0.502. The van der Waals surface area contributed by atoms with Gasteiger partial charge in [0, 0.05) is 11.8 Å². The van der Waals surface area contributed by atoms with E-state index in [1.165, 1.54) is 29.5 Å². The summed E-state index contributed by atoms with van der Waals surface area (Å²) < 4.78 is 13.2. The average Bonchev–Trinajstić information content (AvgIpc) is 2.75. The van der Waals surface area contributed by atoms with Crippen LogP contribution in [0.4, 0.5) is 9.52 Å². The van der Waals surface area contributed by atoms with Gasteiger partial charge in [0.1, 0.15) is 5.82 Å². The molecule has 0 radical (unpaired) electrons. The number of thiazole rings is 1. The van der Waals surface area contributed by atoms with Crippen LogP contribution in [0.25, 0.3) is 17.0 Å². The number of hydrogen-bond acceptors (Lipinski definition) is 5. The quantitative estimate of drug-likeness (QED) is 0.760. The molecular formula is C12H10ClFN4S. The first-order valence-corrected chi connectivity index (χ1v) is 6.40. The number of nitrogens with two attached hydrogens (primary N) is 2. The molecule has 98 valence electrons. The fourth-order valence-corrected chi connectivity index (χ4v) is 2.51. The number of rotatable bonds is 3. The molecule has 0 unspecified atom stereocenters. The van der Waals surface area contributed by atoms with Gasteiger partial charge in [-0.25, -0.2) is 9.37 Å². The van der Waals surface area contributed by atoms with E-state index in [0.717, 1.165) is 6.21 Å². The highest BCUT2D eigenvalue weighted by Gasteiger charge is 2.15. The van der Waals surface area contributed by atoms with E-state index in [9.17, 15) is 4.39 Å². The summed E-state index contributed by atoms with van der Waals surface area (Å²) in [4.78, 5) is 4.80. The van der Waals surface area contributed by atoms with Gasteiger partial charge in [-0.05, 0) is 24.3 Å². The number of allylic oxidation sites excluding steroid dienone is 1. The Labute approximate surface area is 118 Å².